The van der Waals surface area contributed by atoms with E-state index in [-0.39, 0.29) is 0 Å². The number of aromatic hydroxyl groups is 1. The number of nitrogens with zero attached hydrogens (tertiary/aromatic N) is 1. The molecule has 0 amide bonds. The SMILES string of the molecule is CC(C)N1CCC(CNCc2cc(Cl)ccc2O)C1. The van der Waals surface area contributed by atoms with Crippen molar-refractivity contribution in [3.05, 3.63) is 28.8 Å². The minimum Gasteiger partial charge on any atom is -0.508 e. The Morgan fingerprint density at radius 1 is 1.47 bits per heavy atom. The lowest BCUT2D eigenvalue weighted by Crippen LogP contribution is -2.30. The molecular formula is C15H23ClN2O. The number of phenols is 1. The summed E-state index contributed by atoms with van der Waals surface area (Å²) in [5.74, 6) is 1.02. The summed E-state index contributed by atoms with van der Waals surface area (Å²) in [7, 11) is 0. The van der Waals surface area contributed by atoms with Gasteiger partial charge in [-0.1, -0.05) is 11.6 Å². The van der Waals surface area contributed by atoms with Crippen molar-refractivity contribution in [3.63, 3.8) is 0 Å². The second kappa shape index (κ2) is 6.60. The quantitative estimate of drug-likeness (QED) is 0.872. The molecule has 1 unspecified atom stereocenters. The van der Waals surface area contributed by atoms with Gasteiger partial charge in [-0.25, -0.2) is 0 Å². The maximum absolute atomic E-state index is 9.73. The normalized spacial score (nSPS) is 20.3. The predicted molar refractivity (Wildman–Crippen MR) is 79.6 cm³/mol. The third kappa shape index (κ3) is 4.10. The Hall–Kier alpha value is -0.770. The third-order valence-corrected chi connectivity index (χ3v) is 4.07. The average molecular weight is 283 g/mol. The number of rotatable bonds is 5. The molecule has 1 aromatic carbocycles. The van der Waals surface area contributed by atoms with Gasteiger partial charge in [0, 0.05) is 29.7 Å². The van der Waals surface area contributed by atoms with Gasteiger partial charge in [-0.05, 0) is 57.5 Å². The van der Waals surface area contributed by atoms with Gasteiger partial charge >= 0.3 is 0 Å². The minimum absolute atomic E-state index is 0.312. The van der Waals surface area contributed by atoms with Crippen LogP contribution in [0.3, 0.4) is 0 Å². The van der Waals surface area contributed by atoms with Crippen molar-refractivity contribution in [2.75, 3.05) is 19.6 Å². The summed E-state index contributed by atoms with van der Waals surface area (Å²) in [5.41, 5.74) is 0.867. The number of hydrogen-bond acceptors (Lipinski definition) is 3. The molecule has 1 fully saturated rings. The topological polar surface area (TPSA) is 35.5 Å². The Morgan fingerprint density at radius 3 is 2.95 bits per heavy atom. The Labute approximate surface area is 120 Å². The molecule has 0 aliphatic carbocycles. The van der Waals surface area contributed by atoms with E-state index in [0.29, 0.717) is 29.3 Å². The monoisotopic (exact) mass is 282 g/mol. The summed E-state index contributed by atoms with van der Waals surface area (Å²) >= 11 is 5.93. The average Bonchev–Trinajstić information content (AvgIpc) is 2.82. The summed E-state index contributed by atoms with van der Waals surface area (Å²) in [6.07, 6.45) is 1.26. The summed E-state index contributed by atoms with van der Waals surface area (Å²) in [6, 6.07) is 5.81. The van der Waals surface area contributed by atoms with Crippen LogP contribution >= 0.6 is 11.6 Å². The van der Waals surface area contributed by atoms with E-state index in [0.717, 1.165) is 12.1 Å². The zero-order chi connectivity index (χ0) is 13.8. The van der Waals surface area contributed by atoms with E-state index in [2.05, 4.69) is 24.1 Å². The first-order chi connectivity index (χ1) is 9.06. The summed E-state index contributed by atoms with van der Waals surface area (Å²) in [4.78, 5) is 2.52. The molecule has 19 heavy (non-hydrogen) atoms. The molecule has 0 bridgehead atoms. The lowest BCUT2D eigenvalue weighted by Gasteiger charge is -2.20. The highest BCUT2D eigenvalue weighted by Gasteiger charge is 2.23. The molecule has 2 N–H and O–H groups in total. The molecule has 4 heteroatoms. The van der Waals surface area contributed by atoms with Gasteiger partial charge in [-0.3, -0.25) is 0 Å². The highest BCUT2D eigenvalue weighted by Crippen LogP contribution is 2.22. The van der Waals surface area contributed by atoms with E-state index < -0.39 is 0 Å². The fourth-order valence-corrected chi connectivity index (χ4v) is 2.80. The van der Waals surface area contributed by atoms with Crippen molar-refractivity contribution in [1.82, 2.24) is 10.2 Å². The highest BCUT2D eigenvalue weighted by molar-refractivity contribution is 6.30. The van der Waals surface area contributed by atoms with E-state index >= 15 is 0 Å². The van der Waals surface area contributed by atoms with Gasteiger partial charge < -0.3 is 15.3 Å². The number of likely N-dealkylation sites (tertiary alicyclic amines) is 1. The smallest absolute Gasteiger partial charge is 0.120 e. The maximum atomic E-state index is 9.73. The van der Waals surface area contributed by atoms with Crippen LogP contribution in [0.5, 0.6) is 5.75 Å². The molecule has 1 heterocycles. The van der Waals surface area contributed by atoms with E-state index in [1.165, 1.54) is 19.5 Å². The Kier molecular flexibility index (Phi) is 5.08. The molecular weight excluding hydrogens is 260 g/mol. The zero-order valence-electron chi connectivity index (χ0n) is 11.7. The Bertz CT molecular complexity index is 423. The van der Waals surface area contributed by atoms with E-state index in [4.69, 9.17) is 11.6 Å². The number of halogens is 1. The fourth-order valence-electron chi connectivity index (χ4n) is 2.60. The van der Waals surface area contributed by atoms with Crippen LogP contribution in [0.2, 0.25) is 5.02 Å². The van der Waals surface area contributed by atoms with E-state index in [1.54, 1.807) is 12.1 Å². The first kappa shape index (κ1) is 14.6. The van der Waals surface area contributed by atoms with Gasteiger partial charge in [0.05, 0.1) is 0 Å². The molecule has 3 nitrogen and oxygen atoms in total. The fraction of sp³-hybridized carbons (Fsp3) is 0.600. The molecule has 0 spiro atoms. The van der Waals surface area contributed by atoms with E-state index in [1.807, 2.05) is 6.07 Å². The van der Waals surface area contributed by atoms with Crippen LogP contribution in [0, 0.1) is 5.92 Å². The zero-order valence-corrected chi connectivity index (χ0v) is 12.5. The van der Waals surface area contributed by atoms with Gasteiger partial charge in [0.25, 0.3) is 0 Å². The van der Waals surface area contributed by atoms with Crippen molar-refractivity contribution in [1.29, 1.82) is 0 Å². The predicted octanol–water partition coefficient (Wildman–Crippen LogP) is 2.87. The summed E-state index contributed by atoms with van der Waals surface area (Å²) in [5, 5.41) is 13.8. The maximum Gasteiger partial charge on any atom is 0.120 e. The van der Waals surface area contributed by atoms with Crippen molar-refractivity contribution in [2.45, 2.75) is 32.9 Å². The standard InChI is InChI=1S/C15H23ClN2O/c1-11(2)18-6-5-12(10-18)8-17-9-13-7-14(16)3-4-15(13)19/h3-4,7,11-12,17,19H,5-6,8-10H2,1-2H3. The molecule has 1 aliphatic heterocycles. The second-order valence-corrected chi connectivity index (χ2v) is 6.08. The van der Waals surface area contributed by atoms with Gasteiger partial charge in [0.1, 0.15) is 5.75 Å². The van der Waals surface area contributed by atoms with Gasteiger partial charge in [0.2, 0.25) is 0 Å². The largest absolute Gasteiger partial charge is 0.508 e. The first-order valence-electron chi connectivity index (χ1n) is 6.98. The lowest BCUT2D eigenvalue weighted by molar-refractivity contribution is 0.264. The molecule has 0 aromatic heterocycles. The highest BCUT2D eigenvalue weighted by atomic mass is 35.5. The van der Waals surface area contributed by atoms with Gasteiger partial charge in [-0.2, -0.15) is 0 Å². The van der Waals surface area contributed by atoms with Crippen molar-refractivity contribution >= 4 is 11.6 Å². The molecule has 106 valence electrons. The third-order valence-electron chi connectivity index (χ3n) is 3.84. The number of benzene rings is 1. The number of phenolic OH excluding ortho intramolecular Hbond substituents is 1. The molecule has 1 aliphatic rings. The molecule has 2 rings (SSSR count). The van der Waals surface area contributed by atoms with Crippen LogP contribution in [-0.2, 0) is 6.54 Å². The number of nitrogens with one attached hydrogen (secondary N) is 1. The van der Waals surface area contributed by atoms with Crippen molar-refractivity contribution in [3.8, 4) is 5.75 Å². The molecule has 0 saturated carbocycles. The van der Waals surface area contributed by atoms with Crippen LogP contribution in [0.15, 0.2) is 18.2 Å². The van der Waals surface area contributed by atoms with Crippen molar-refractivity contribution < 1.29 is 5.11 Å². The van der Waals surface area contributed by atoms with Gasteiger partial charge in [-0.15, -0.1) is 0 Å². The van der Waals surface area contributed by atoms with Gasteiger partial charge in [0.15, 0.2) is 0 Å². The summed E-state index contributed by atoms with van der Waals surface area (Å²) < 4.78 is 0. The van der Waals surface area contributed by atoms with E-state index in [9.17, 15) is 5.11 Å². The number of hydrogen-bond donors (Lipinski definition) is 2. The minimum atomic E-state index is 0.312. The van der Waals surface area contributed by atoms with Crippen molar-refractivity contribution in [2.24, 2.45) is 5.92 Å². The van der Waals surface area contributed by atoms with Crippen LogP contribution in [0.1, 0.15) is 25.8 Å². The Morgan fingerprint density at radius 2 is 2.26 bits per heavy atom. The first-order valence-corrected chi connectivity index (χ1v) is 7.36. The van der Waals surface area contributed by atoms with Crippen LogP contribution in [-0.4, -0.2) is 35.7 Å². The van der Waals surface area contributed by atoms with Crippen LogP contribution in [0.25, 0.3) is 0 Å². The second-order valence-electron chi connectivity index (χ2n) is 5.65. The molecule has 1 aromatic rings. The van der Waals surface area contributed by atoms with Crippen LogP contribution in [0.4, 0.5) is 0 Å². The van der Waals surface area contributed by atoms with Crippen LogP contribution < -0.4 is 5.32 Å². The molecule has 1 atom stereocenters. The lowest BCUT2D eigenvalue weighted by atomic mass is 10.1. The summed E-state index contributed by atoms with van der Waals surface area (Å²) in [6.45, 7) is 8.54. The molecule has 1 saturated heterocycles. The molecule has 0 radical (unpaired) electrons. The Balaban J connectivity index is 1.77.